The molecule has 0 saturated heterocycles. The van der Waals surface area contributed by atoms with Gasteiger partial charge in [0.05, 0.1) is 13.1 Å². The van der Waals surface area contributed by atoms with Crippen LogP contribution in [0.1, 0.15) is 36.7 Å². The van der Waals surface area contributed by atoms with Crippen LogP contribution in [0.3, 0.4) is 0 Å². The quantitative estimate of drug-likeness (QED) is 0.497. The highest BCUT2D eigenvalue weighted by atomic mass is 35.5. The third-order valence-corrected chi connectivity index (χ3v) is 5.44. The van der Waals surface area contributed by atoms with Crippen LogP contribution in [-0.2, 0) is 13.1 Å². The fourth-order valence-electron chi connectivity index (χ4n) is 3.28. The van der Waals surface area contributed by atoms with E-state index in [4.69, 9.17) is 23.2 Å². The van der Waals surface area contributed by atoms with Crippen LogP contribution in [0.2, 0.25) is 10.0 Å². The highest BCUT2D eigenvalue weighted by molar-refractivity contribution is 6.30. The zero-order valence-electron chi connectivity index (χ0n) is 16.5. The summed E-state index contributed by atoms with van der Waals surface area (Å²) in [5, 5.41) is 1.21. The number of hydrogen-bond donors (Lipinski definition) is 1. The van der Waals surface area contributed by atoms with Crippen LogP contribution in [0.4, 0.5) is 0 Å². The van der Waals surface area contributed by atoms with Crippen LogP contribution < -0.4 is 11.2 Å². The molecule has 8 heteroatoms. The minimum absolute atomic E-state index is 0.0839. The third-order valence-electron chi connectivity index (χ3n) is 4.93. The first-order valence-corrected chi connectivity index (χ1v) is 10.3. The molecule has 0 amide bonds. The molecule has 2 aromatic carbocycles. The first-order valence-electron chi connectivity index (χ1n) is 9.55. The van der Waals surface area contributed by atoms with Gasteiger partial charge in [-0.3, -0.25) is 13.9 Å². The number of benzene rings is 2. The summed E-state index contributed by atoms with van der Waals surface area (Å²) in [7, 11) is 0. The number of halogens is 2. The van der Waals surface area contributed by atoms with Gasteiger partial charge < -0.3 is 4.98 Å². The number of hydrogen-bond acceptors (Lipinski definition) is 3. The van der Waals surface area contributed by atoms with E-state index in [0.717, 1.165) is 11.1 Å². The molecule has 4 rings (SSSR count). The molecule has 6 nitrogen and oxygen atoms in total. The molecule has 2 heterocycles. The Bertz CT molecular complexity index is 1320. The van der Waals surface area contributed by atoms with Crippen LogP contribution >= 0.6 is 23.2 Å². The van der Waals surface area contributed by atoms with Gasteiger partial charge >= 0.3 is 5.69 Å². The predicted molar refractivity (Wildman–Crippen MR) is 120 cm³/mol. The maximum atomic E-state index is 13.3. The van der Waals surface area contributed by atoms with Crippen molar-refractivity contribution in [3.63, 3.8) is 0 Å². The average Bonchev–Trinajstić information content (AvgIpc) is 3.17. The molecule has 154 valence electrons. The first-order chi connectivity index (χ1) is 14.3. The highest BCUT2D eigenvalue weighted by Gasteiger charge is 2.19. The zero-order valence-corrected chi connectivity index (χ0v) is 18.0. The molecule has 30 heavy (non-hydrogen) atoms. The lowest BCUT2D eigenvalue weighted by atomic mass is 10.2. The lowest BCUT2D eigenvalue weighted by molar-refractivity contribution is 0.631. The van der Waals surface area contributed by atoms with Gasteiger partial charge in [0.25, 0.3) is 5.56 Å². The van der Waals surface area contributed by atoms with Crippen molar-refractivity contribution < 1.29 is 0 Å². The van der Waals surface area contributed by atoms with E-state index in [1.54, 1.807) is 36.4 Å². The highest BCUT2D eigenvalue weighted by Crippen LogP contribution is 2.16. The van der Waals surface area contributed by atoms with Crippen molar-refractivity contribution >= 4 is 34.4 Å². The lowest BCUT2D eigenvalue weighted by Crippen LogP contribution is -2.40. The standard InChI is InChI=1S/C22H20Cl2N4O2/c1-13(2)19-25-18-20(26-19)27(11-14-3-7-16(23)8-4-14)22(30)28(21(18)29)12-15-5-9-17(24)10-6-15/h3-10,13H,11-12H2,1-2H3,(H,25,26). The van der Waals surface area contributed by atoms with Gasteiger partial charge in [-0.2, -0.15) is 0 Å². The number of nitrogens with one attached hydrogen (secondary N) is 1. The Hall–Kier alpha value is -2.83. The fraction of sp³-hybridized carbons (Fsp3) is 0.227. The molecule has 0 radical (unpaired) electrons. The summed E-state index contributed by atoms with van der Waals surface area (Å²) in [5.74, 6) is 0.746. The van der Waals surface area contributed by atoms with Gasteiger partial charge in [-0.05, 0) is 35.4 Å². The zero-order chi connectivity index (χ0) is 21.4. The number of fused-ring (bicyclic) bond motifs is 1. The summed E-state index contributed by atoms with van der Waals surface area (Å²) < 4.78 is 2.75. The van der Waals surface area contributed by atoms with Crippen LogP contribution in [-0.4, -0.2) is 19.1 Å². The van der Waals surface area contributed by atoms with Gasteiger partial charge in [-0.15, -0.1) is 0 Å². The smallest absolute Gasteiger partial charge is 0.333 e. The number of aromatic amines is 1. The Morgan fingerprint density at radius 1 is 0.867 bits per heavy atom. The van der Waals surface area contributed by atoms with E-state index in [1.165, 1.54) is 9.13 Å². The van der Waals surface area contributed by atoms with Crippen LogP contribution in [0.15, 0.2) is 58.1 Å². The second-order valence-electron chi connectivity index (χ2n) is 7.49. The van der Waals surface area contributed by atoms with E-state index in [2.05, 4.69) is 9.97 Å². The number of rotatable bonds is 5. The second kappa shape index (κ2) is 8.13. The Morgan fingerprint density at radius 2 is 1.37 bits per heavy atom. The normalized spacial score (nSPS) is 11.5. The topological polar surface area (TPSA) is 72.7 Å². The molecule has 2 aromatic heterocycles. The molecular formula is C22H20Cl2N4O2. The number of H-pyrrole nitrogens is 1. The Morgan fingerprint density at radius 3 is 1.87 bits per heavy atom. The molecule has 0 aliphatic heterocycles. The molecule has 4 aromatic rings. The molecule has 0 aliphatic carbocycles. The van der Waals surface area contributed by atoms with E-state index in [1.807, 2.05) is 26.0 Å². The summed E-state index contributed by atoms with van der Waals surface area (Å²) in [6, 6.07) is 14.3. The maximum absolute atomic E-state index is 13.3. The molecule has 0 bridgehead atoms. The van der Waals surface area contributed by atoms with E-state index in [0.29, 0.717) is 27.0 Å². The summed E-state index contributed by atoms with van der Waals surface area (Å²) in [4.78, 5) is 34.2. The lowest BCUT2D eigenvalue weighted by Gasteiger charge is -2.12. The number of aromatic nitrogens is 4. The van der Waals surface area contributed by atoms with Gasteiger partial charge in [-0.1, -0.05) is 61.3 Å². The molecule has 1 N–H and O–H groups in total. The van der Waals surface area contributed by atoms with Gasteiger partial charge in [0.2, 0.25) is 0 Å². The third kappa shape index (κ3) is 3.93. The molecule has 0 spiro atoms. The van der Waals surface area contributed by atoms with Crippen molar-refractivity contribution in [2.24, 2.45) is 0 Å². The van der Waals surface area contributed by atoms with Crippen molar-refractivity contribution in [3.8, 4) is 0 Å². The fourth-order valence-corrected chi connectivity index (χ4v) is 3.54. The van der Waals surface area contributed by atoms with Crippen molar-refractivity contribution in [1.29, 1.82) is 0 Å². The molecule has 0 atom stereocenters. The van der Waals surface area contributed by atoms with E-state index in [9.17, 15) is 9.59 Å². The van der Waals surface area contributed by atoms with Gasteiger partial charge in [0, 0.05) is 16.0 Å². The largest absolute Gasteiger partial charge is 0.336 e. The predicted octanol–water partition coefficient (Wildman–Crippen LogP) is 4.41. The molecule has 0 fully saturated rings. The summed E-state index contributed by atoms with van der Waals surface area (Å²) in [5.41, 5.74) is 1.56. The number of imidazole rings is 1. The van der Waals surface area contributed by atoms with E-state index < -0.39 is 11.2 Å². The molecule has 0 saturated carbocycles. The van der Waals surface area contributed by atoms with Crippen LogP contribution in [0.5, 0.6) is 0 Å². The minimum atomic E-state index is -0.417. The molecular weight excluding hydrogens is 423 g/mol. The van der Waals surface area contributed by atoms with Gasteiger partial charge in [-0.25, -0.2) is 9.78 Å². The maximum Gasteiger partial charge on any atom is 0.333 e. The van der Waals surface area contributed by atoms with Crippen molar-refractivity contribution in [2.75, 3.05) is 0 Å². The SMILES string of the molecule is CC(C)c1nc2c([nH]1)c(=O)n(Cc1ccc(Cl)cc1)c(=O)n2Cc1ccc(Cl)cc1. The van der Waals surface area contributed by atoms with Crippen LogP contribution in [0.25, 0.3) is 11.2 Å². The minimum Gasteiger partial charge on any atom is -0.336 e. The van der Waals surface area contributed by atoms with Gasteiger partial charge in [0.1, 0.15) is 11.3 Å². The Kier molecular flexibility index (Phi) is 5.54. The molecule has 0 unspecified atom stereocenters. The van der Waals surface area contributed by atoms with Gasteiger partial charge in [0.15, 0.2) is 5.65 Å². The molecule has 0 aliphatic rings. The van der Waals surface area contributed by atoms with E-state index in [-0.39, 0.29) is 19.0 Å². The number of nitrogens with zero attached hydrogens (tertiary/aromatic N) is 3. The van der Waals surface area contributed by atoms with Crippen molar-refractivity contribution in [1.82, 2.24) is 19.1 Å². The summed E-state index contributed by atoms with van der Waals surface area (Å²) in [6.07, 6.45) is 0. The summed E-state index contributed by atoms with van der Waals surface area (Å²) >= 11 is 11.9. The second-order valence-corrected chi connectivity index (χ2v) is 8.36. The average molecular weight is 443 g/mol. The Balaban J connectivity index is 1.90. The van der Waals surface area contributed by atoms with E-state index >= 15 is 0 Å². The van der Waals surface area contributed by atoms with Crippen molar-refractivity contribution in [2.45, 2.75) is 32.9 Å². The van der Waals surface area contributed by atoms with Crippen LogP contribution in [0, 0.1) is 0 Å². The Labute approximate surface area is 182 Å². The monoisotopic (exact) mass is 442 g/mol. The first kappa shape index (κ1) is 20.4. The summed E-state index contributed by atoms with van der Waals surface area (Å²) in [6.45, 7) is 4.37. The van der Waals surface area contributed by atoms with Crippen molar-refractivity contribution in [3.05, 3.63) is 96.4 Å².